The van der Waals surface area contributed by atoms with E-state index in [1.807, 2.05) is 17.9 Å². The molecule has 0 saturated carbocycles. The molecule has 3 heterocycles. The van der Waals surface area contributed by atoms with E-state index in [4.69, 9.17) is 5.73 Å². The van der Waals surface area contributed by atoms with Gasteiger partial charge in [0.15, 0.2) is 0 Å². The fourth-order valence-electron chi connectivity index (χ4n) is 2.90. The predicted molar refractivity (Wildman–Crippen MR) is 95.9 cm³/mol. The molecule has 1 saturated heterocycles. The van der Waals surface area contributed by atoms with Gasteiger partial charge < -0.3 is 21.3 Å². The fourth-order valence-corrected chi connectivity index (χ4v) is 2.90. The van der Waals surface area contributed by atoms with Gasteiger partial charge in [-0.15, -0.1) is 0 Å². The third kappa shape index (κ3) is 3.81. The average Bonchev–Trinajstić information content (AvgIpc) is 2.95. The summed E-state index contributed by atoms with van der Waals surface area (Å²) < 4.78 is 1.61. The van der Waals surface area contributed by atoms with Gasteiger partial charge in [-0.3, -0.25) is 4.68 Å². The largest absolute Gasteiger partial charge is 0.383 e. The quantitative estimate of drug-likeness (QED) is 0.764. The zero-order valence-electron chi connectivity index (χ0n) is 14.6. The van der Waals surface area contributed by atoms with E-state index in [-0.39, 0.29) is 12.1 Å². The first kappa shape index (κ1) is 17.0. The number of likely N-dealkylation sites (tertiary alicyclic amines) is 1. The first-order chi connectivity index (χ1) is 12.1. The number of nitrogens with two attached hydrogens (primary N) is 1. The fraction of sp³-hybridized carbons (Fsp3) is 0.500. The molecule has 9 heteroatoms. The van der Waals surface area contributed by atoms with Crippen LogP contribution >= 0.6 is 0 Å². The molecule has 25 heavy (non-hydrogen) atoms. The number of aryl methyl sites for hydroxylation is 1. The summed E-state index contributed by atoms with van der Waals surface area (Å²) in [4.78, 5) is 22.5. The number of hydrogen-bond donors (Lipinski definition) is 3. The standard InChI is InChI=1S/C16H24N8O/c1-3-18-16(25)24-8-5-11(6-9-24)21-15-19-7-4-13(22-15)12-10-20-23(2)14(12)17/h4,7,10-11H,3,5-6,8-9,17H2,1-2H3,(H,18,25)(H,19,21,22). The molecule has 0 aliphatic carbocycles. The molecular formula is C16H24N8O. The molecule has 0 atom stereocenters. The number of hydrogen-bond acceptors (Lipinski definition) is 6. The number of carbonyl (C=O) groups excluding carboxylic acids is 1. The molecule has 3 rings (SSSR count). The summed E-state index contributed by atoms with van der Waals surface area (Å²) in [6.07, 6.45) is 5.13. The molecule has 4 N–H and O–H groups in total. The van der Waals surface area contributed by atoms with E-state index in [2.05, 4.69) is 25.7 Å². The Morgan fingerprint density at radius 1 is 1.40 bits per heavy atom. The molecule has 2 aromatic rings. The molecule has 2 amide bonds. The molecule has 0 bridgehead atoms. The second-order valence-corrected chi connectivity index (χ2v) is 6.07. The van der Waals surface area contributed by atoms with Gasteiger partial charge in [0.1, 0.15) is 5.82 Å². The predicted octanol–water partition coefficient (Wildman–Crippen LogP) is 1.07. The molecule has 9 nitrogen and oxygen atoms in total. The van der Waals surface area contributed by atoms with Crippen molar-refractivity contribution in [1.82, 2.24) is 30.0 Å². The van der Waals surface area contributed by atoms with Gasteiger partial charge >= 0.3 is 6.03 Å². The van der Waals surface area contributed by atoms with Crippen LogP contribution in [0.5, 0.6) is 0 Å². The molecule has 0 spiro atoms. The second kappa shape index (κ2) is 7.37. The Labute approximate surface area is 146 Å². The number of piperidine rings is 1. The Bertz CT molecular complexity index is 735. The summed E-state index contributed by atoms with van der Waals surface area (Å²) in [5, 5.41) is 10.3. The maximum absolute atomic E-state index is 11.8. The normalized spacial score (nSPS) is 15.2. The number of nitrogen functional groups attached to an aromatic ring is 1. The highest BCUT2D eigenvalue weighted by molar-refractivity contribution is 5.74. The van der Waals surface area contributed by atoms with E-state index in [0.717, 1.165) is 37.2 Å². The van der Waals surface area contributed by atoms with E-state index >= 15 is 0 Å². The number of nitrogens with one attached hydrogen (secondary N) is 2. The third-order valence-corrected chi connectivity index (χ3v) is 4.36. The number of anilines is 2. The maximum Gasteiger partial charge on any atom is 0.317 e. The first-order valence-corrected chi connectivity index (χ1v) is 8.48. The third-order valence-electron chi connectivity index (χ3n) is 4.36. The van der Waals surface area contributed by atoms with Crippen molar-refractivity contribution >= 4 is 17.8 Å². The van der Waals surface area contributed by atoms with Gasteiger partial charge in [0.2, 0.25) is 5.95 Å². The lowest BCUT2D eigenvalue weighted by molar-refractivity contribution is 0.184. The summed E-state index contributed by atoms with van der Waals surface area (Å²) in [7, 11) is 1.79. The first-order valence-electron chi connectivity index (χ1n) is 8.48. The minimum atomic E-state index is 0.00579. The average molecular weight is 344 g/mol. The lowest BCUT2D eigenvalue weighted by Gasteiger charge is -2.32. The molecule has 0 radical (unpaired) electrons. The van der Waals surface area contributed by atoms with Gasteiger partial charge in [0.25, 0.3) is 0 Å². The number of nitrogens with zero attached hydrogens (tertiary/aromatic N) is 5. The van der Waals surface area contributed by atoms with Crippen molar-refractivity contribution < 1.29 is 4.79 Å². The van der Waals surface area contributed by atoms with Gasteiger partial charge in [0, 0.05) is 38.9 Å². The monoisotopic (exact) mass is 344 g/mol. The number of aromatic nitrogens is 4. The molecule has 1 fully saturated rings. The van der Waals surface area contributed by atoms with Crippen LogP contribution in [0, 0.1) is 0 Å². The minimum absolute atomic E-state index is 0.00579. The van der Waals surface area contributed by atoms with Crippen LogP contribution in [-0.2, 0) is 7.05 Å². The van der Waals surface area contributed by atoms with Crippen molar-refractivity contribution in [3.05, 3.63) is 18.5 Å². The van der Waals surface area contributed by atoms with Gasteiger partial charge in [-0.1, -0.05) is 0 Å². The van der Waals surface area contributed by atoms with Crippen molar-refractivity contribution in [2.45, 2.75) is 25.8 Å². The highest BCUT2D eigenvalue weighted by atomic mass is 16.2. The number of amides is 2. The summed E-state index contributed by atoms with van der Waals surface area (Å²) in [6.45, 7) is 4.01. The summed E-state index contributed by atoms with van der Waals surface area (Å²) in [5.74, 6) is 1.14. The molecule has 134 valence electrons. The van der Waals surface area contributed by atoms with Crippen LogP contribution in [0.15, 0.2) is 18.5 Å². The molecule has 1 aliphatic rings. The number of urea groups is 1. The molecule has 2 aromatic heterocycles. The highest BCUT2D eigenvalue weighted by Gasteiger charge is 2.23. The number of rotatable bonds is 4. The molecule has 1 aliphatic heterocycles. The van der Waals surface area contributed by atoms with Crippen LogP contribution in [0.4, 0.5) is 16.6 Å². The van der Waals surface area contributed by atoms with Gasteiger partial charge in [-0.2, -0.15) is 5.10 Å². The lowest BCUT2D eigenvalue weighted by Crippen LogP contribution is -2.46. The van der Waals surface area contributed by atoms with Crippen molar-refractivity contribution in [1.29, 1.82) is 0 Å². The minimum Gasteiger partial charge on any atom is -0.383 e. The second-order valence-electron chi connectivity index (χ2n) is 6.07. The van der Waals surface area contributed by atoms with Crippen LogP contribution in [0.1, 0.15) is 19.8 Å². The lowest BCUT2D eigenvalue weighted by atomic mass is 10.1. The van der Waals surface area contributed by atoms with Crippen LogP contribution in [0.2, 0.25) is 0 Å². The van der Waals surface area contributed by atoms with E-state index in [1.54, 1.807) is 24.1 Å². The summed E-state index contributed by atoms with van der Waals surface area (Å²) in [5.41, 5.74) is 7.54. The van der Waals surface area contributed by atoms with Crippen LogP contribution in [0.25, 0.3) is 11.3 Å². The van der Waals surface area contributed by atoms with Gasteiger partial charge in [-0.05, 0) is 25.8 Å². The zero-order valence-corrected chi connectivity index (χ0v) is 14.6. The maximum atomic E-state index is 11.8. The smallest absolute Gasteiger partial charge is 0.317 e. The van der Waals surface area contributed by atoms with Crippen molar-refractivity contribution in [3.8, 4) is 11.3 Å². The summed E-state index contributed by atoms with van der Waals surface area (Å²) >= 11 is 0. The Hall–Kier alpha value is -2.84. The Morgan fingerprint density at radius 2 is 2.16 bits per heavy atom. The molecule has 0 unspecified atom stereocenters. The molecule has 0 aromatic carbocycles. The SMILES string of the molecule is CCNC(=O)N1CCC(Nc2nccc(-c3cnn(C)c3N)n2)CC1. The molecular weight excluding hydrogens is 320 g/mol. The van der Waals surface area contributed by atoms with Crippen LogP contribution in [-0.4, -0.2) is 56.4 Å². The van der Waals surface area contributed by atoms with Crippen molar-refractivity contribution in [2.75, 3.05) is 30.7 Å². The van der Waals surface area contributed by atoms with Crippen molar-refractivity contribution in [2.24, 2.45) is 7.05 Å². The highest BCUT2D eigenvalue weighted by Crippen LogP contribution is 2.24. The van der Waals surface area contributed by atoms with E-state index in [1.165, 1.54) is 0 Å². The van der Waals surface area contributed by atoms with Gasteiger partial charge in [0.05, 0.1) is 17.5 Å². The van der Waals surface area contributed by atoms with Gasteiger partial charge in [-0.25, -0.2) is 14.8 Å². The van der Waals surface area contributed by atoms with Crippen LogP contribution < -0.4 is 16.4 Å². The zero-order chi connectivity index (χ0) is 17.8. The van der Waals surface area contributed by atoms with Crippen LogP contribution in [0.3, 0.4) is 0 Å². The van der Waals surface area contributed by atoms with E-state index < -0.39 is 0 Å². The summed E-state index contributed by atoms with van der Waals surface area (Å²) in [6, 6.07) is 2.06. The Morgan fingerprint density at radius 3 is 2.80 bits per heavy atom. The number of carbonyl (C=O) groups is 1. The topological polar surface area (TPSA) is 114 Å². The van der Waals surface area contributed by atoms with E-state index in [9.17, 15) is 4.79 Å². The van der Waals surface area contributed by atoms with E-state index in [0.29, 0.717) is 18.3 Å². The Kier molecular flexibility index (Phi) is 5.01. The van der Waals surface area contributed by atoms with Crippen molar-refractivity contribution in [3.63, 3.8) is 0 Å². The Balaban J connectivity index is 1.62.